The number of rotatable bonds is 2. The topological polar surface area (TPSA) is 82.1 Å². The number of hydrogen-bond acceptors (Lipinski definition) is 6. The van der Waals surface area contributed by atoms with Crippen molar-refractivity contribution in [1.29, 1.82) is 0 Å². The van der Waals surface area contributed by atoms with Gasteiger partial charge in [-0.3, -0.25) is 0 Å². The standard InChI is InChI=1S/C13H18N6O/c1-7-10-11(17-19(3)16-10)9-8(6-20-4)5-15-13(14)12(9)18(7)2/h5,7H,6H2,1-4H3,(H2,14,15). The number of nitrogens with two attached hydrogens (primary N) is 1. The molecule has 7 nitrogen and oxygen atoms in total. The number of nitrogen functional groups attached to an aromatic ring is 1. The van der Waals surface area contributed by atoms with E-state index in [1.54, 1.807) is 18.1 Å². The number of hydrogen-bond donors (Lipinski definition) is 1. The van der Waals surface area contributed by atoms with Gasteiger partial charge in [0.15, 0.2) is 0 Å². The zero-order valence-corrected chi connectivity index (χ0v) is 12.1. The van der Waals surface area contributed by atoms with Crippen LogP contribution in [0.4, 0.5) is 11.5 Å². The molecule has 1 aliphatic rings. The zero-order valence-electron chi connectivity index (χ0n) is 12.1. The maximum atomic E-state index is 6.07. The van der Waals surface area contributed by atoms with Gasteiger partial charge in [-0.1, -0.05) is 0 Å². The summed E-state index contributed by atoms with van der Waals surface area (Å²) in [5.74, 6) is 0.505. The van der Waals surface area contributed by atoms with Crippen molar-refractivity contribution in [2.45, 2.75) is 19.6 Å². The molecule has 2 N–H and O–H groups in total. The summed E-state index contributed by atoms with van der Waals surface area (Å²) in [4.78, 5) is 7.96. The van der Waals surface area contributed by atoms with Gasteiger partial charge in [-0.2, -0.15) is 15.0 Å². The molecule has 7 heteroatoms. The summed E-state index contributed by atoms with van der Waals surface area (Å²) < 4.78 is 5.26. The molecular formula is C13H18N6O. The first-order valence-electron chi connectivity index (χ1n) is 6.45. The molecule has 3 heterocycles. The molecule has 106 valence electrons. The van der Waals surface area contributed by atoms with Crippen LogP contribution in [-0.2, 0) is 18.4 Å². The van der Waals surface area contributed by atoms with Crippen molar-refractivity contribution in [3.05, 3.63) is 17.5 Å². The van der Waals surface area contributed by atoms with E-state index in [2.05, 4.69) is 27.0 Å². The number of pyridine rings is 1. The molecule has 0 fully saturated rings. The van der Waals surface area contributed by atoms with Crippen molar-refractivity contribution in [3.8, 4) is 11.3 Å². The van der Waals surface area contributed by atoms with Crippen LogP contribution in [-0.4, -0.2) is 34.1 Å². The molecule has 2 aromatic rings. The minimum absolute atomic E-state index is 0.105. The lowest BCUT2D eigenvalue weighted by Gasteiger charge is -2.33. The monoisotopic (exact) mass is 274 g/mol. The summed E-state index contributed by atoms with van der Waals surface area (Å²) >= 11 is 0. The molecule has 0 saturated carbocycles. The van der Waals surface area contributed by atoms with Crippen LogP contribution < -0.4 is 10.6 Å². The zero-order chi connectivity index (χ0) is 14.4. The summed E-state index contributed by atoms with van der Waals surface area (Å²) in [5, 5.41) is 8.98. The number of aryl methyl sites for hydroxylation is 1. The summed E-state index contributed by atoms with van der Waals surface area (Å²) in [5.41, 5.74) is 10.7. The van der Waals surface area contributed by atoms with Crippen molar-refractivity contribution < 1.29 is 4.74 Å². The minimum atomic E-state index is 0.105. The summed E-state index contributed by atoms with van der Waals surface area (Å²) in [7, 11) is 5.48. The average Bonchev–Trinajstić information content (AvgIpc) is 2.80. The van der Waals surface area contributed by atoms with Gasteiger partial charge in [-0.15, -0.1) is 0 Å². The third-order valence-electron chi connectivity index (χ3n) is 3.77. The Morgan fingerprint density at radius 2 is 2.10 bits per heavy atom. The highest BCUT2D eigenvalue weighted by molar-refractivity contribution is 5.89. The predicted molar refractivity (Wildman–Crippen MR) is 76.2 cm³/mol. The second kappa shape index (κ2) is 4.45. The van der Waals surface area contributed by atoms with Crippen molar-refractivity contribution in [1.82, 2.24) is 20.0 Å². The molecule has 0 spiro atoms. The fourth-order valence-corrected chi connectivity index (χ4v) is 2.70. The molecule has 0 amide bonds. The van der Waals surface area contributed by atoms with Crippen LogP contribution >= 0.6 is 0 Å². The van der Waals surface area contributed by atoms with Crippen LogP contribution in [0, 0.1) is 0 Å². The molecule has 0 bridgehead atoms. The number of ether oxygens (including phenoxy) is 1. The lowest BCUT2D eigenvalue weighted by atomic mass is 9.95. The van der Waals surface area contributed by atoms with E-state index in [9.17, 15) is 0 Å². The van der Waals surface area contributed by atoms with Gasteiger partial charge in [0.2, 0.25) is 0 Å². The average molecular weight is 274 g/mol. The van der Waals surface area contributed by atoms with Crippen LogP contribution in [0.2, 0.25) is 0 Å². The van der Waals surface area contributed by atoms with Gasteiger partial charge in [0.25, 0.3) is 0 Å². The lowest BCUT2D eigenvalue weighted by molar-refractivity contribution is 0.185. The molecule has 0 radical (unpaired) electrons. The molecule has 0 saturated heterocycles. The number of nitrogens with zero attached hydrogens (tertiary/aromatic N) is 5. The number of anilines is 2. The Hall–Kier alpha value is -2.15. The largest absolute Gasteiger partial charge is 0.382 e. The minimum Gasteiger partial charge on any atom is -0.382 e. The van der Waals surface area contributed by atoms with Gasteiger partial charge in [-0.05, 0) is 6.92 Å². The Labute approximate surface area is 117 Å². The van der Waals surface area contributed by atoms with Gasteiger partial charge < -0.3 is 15.4 Å². The van der Waals surface area contributed by atoms with Gasteiger partial charge in [0.05, 0.1) is 18.3 Å². The second-order valence-electron chi connectivity index (χ2n) is 5.04. The highest BCUT2D eigenvalue weighted by Gasteiger charge is 2.33. The lowest BCUT2D eigenvalue weighted by Crippen LogP contribution is -2.28. The number of fused-ring (bicyclic) bond motifs is 3. The molecule has 2 aromatic heterocycles. The van der Waals surface area contributed by atoms with Crippen molar-refractivity contribution in [2.24, 2.45) is 7.05 Å². The summed E-state index contributed by atoms with van der Waals surface area (Å²) in [6.45, 7) is 2.55. The molecule has 0 aromatic carbocycles. The van der Waals surface area contributed by atoms with Crippen molar-refractivity contribution >= 4 is 11.5 Å². The van der Waals surface area contributed by atoms with Crippen LogP contribution in [0.5, 0.6) is 0 Å². The smallest absolute Gasteiger partial charge is 0.147 e. The highest BCUT2D eigenvalue weighted by atomic mass is 16.5. The third kappa shape index (κ3) is 1.66. The number of aromatic nitrogens is 4. The third-order valence-corrected chi connectivity index (χ3v) is 3.77. The van der Waals surface area contributed by atoms with E-state index in [1.165, 1.54) is 0 Å². The molecule has 1 unspecified atom stereocenters. The van der Waals surface area contributed by atoms with Gasteiger partial charge in [0, 0.05) is 38.5 Å². The Morgan fingerprint density at radius 3 is 2.80 bits per heavy atom. The van der Waals surface area contributed by atoms with Gasteiger partial charge >= 0.3 is 0 Å². The van der Waals surface area contributed by atoms with E-state index in [0.717, 1.165) is 28.2 Å². The van der Waals surface area contributed by atoms with Crippen molar-refractivity contribution in [3.63, 3.8) is 0 Å². The Morgan fingerprint density at radius 1 is 1.35 bits per heavy atom. The van der Waals surface area contributed by atoms with E-state index in [-0.39, 0.29) is 6.04 Å². The van der Waals surface area contributed by atoms with Gasteiger partial charge in [0.1, 0.15) is 17.2 Å². The maximum Gasteiger partial charge on any atom is 0.147 e. The van der Waals surface area contributed by atoms with E-state index >= 15 is 0 Å². The fraction of sp³-hybridized carbons (Fsp3) is 0.462. The van der Waals surface area contributed by atoms with Crippen LogP contribution in [0.3, 0.4) is 0 Å². The second-order valence-corrected chi connectivity index (χ2v) is 5.04. The molecule has 3 rings (SSSR count). The molecule has 1 aliphatic heterocycles. The van der Waals surface area contributed by atoms with E-state index in [1.807, 2.05) is 14.1 Å². The Bertz CT molecular complexity index is 665. The van der Waals surface area contributed by atoms with E-state index in [0.29, 0.717) is 12.4 Å². The first-order valence-corrected chi connectivity index (χ1v) is 6.45. The van der Waals surface area contributed by atoms with Crippen LogP contribution in [0.25, 0.3) is 11.3 Å². The Balaban J connectivity index is 2.33. The summed E-state index contributed by atoms with van der Waals surface area (Å²) in [6.07, 6.45) is 1.75. The van der Waals surface area contributed by atoms with Crippen LogP contribution in [0.15, 0.2) is 6.20 Å². The molecule has 0 aliphatic carbocycles. The van der Waals surface area contributed by atoms with E-state index in [4.69, 9.17) is 10.5 Å². The predicted octanol–water partition coefficient (Wildman–Crippen LogP) is 1.12. The summed E-state index contributed by atoms with van der Waals surface area (Å²) in [6, 6.07) is 0.105. The molecule has 20 heavy (non-hydrogen) atoms. The fourth-order valence-electron chi connectivity index (χ4n) is 2.70. The maximum absolute atomic E-state index is 6.07. The quantitative estimate of drug-likeness (QED) is 0.883. The van der Waals surface area contributed by atoms with Gasteiger partial charge in [-0.25, -0.2) is 4.98 Å². The first-order chi connectivity index (χ1) is 9.54. The van der Waals surface area contributed by atoms with E-state index < -0.39 is 0 Å². The number of methoxy groups -OCH3 is 1. The Kier molecular flexibility index (Phi) is 2.86. The van der Waals surface area contributed by atoms with Crippen molar-refractivity contribution in [2.75, 3.05) is 24.8 Å². The highest BCUT2D eigenvalue weighted by Crippen LogP contribution is 2.45. The van der Waals surface area contributed by atoms with Crippen LogP contribution in [0.1, 0.15) is 24.2 Å². The first kappa shape index (κ1) is 12.9. The SMILES string of the molecule is COCc1cnc(N)c2c1-c1nn(C)nc1C(C)N2C. The molecule has 1 atom stereocenters. The normalized spacial score (nSPS) is 17.0. The molecular weight excluding hydrogens is 256 g/mol.